The second-order valence-electron chi connectivity index (χ2n) is 6.34. The Hall–Kier alpha value is -1.91. The number of carbonyl (C=O) groups is 2. The highest BCUT2D eigenvalue weighted by Crippen LogP contribution is 2.18. The van der Waals surface area contributed by atoms with Crippen molar-refractivity contribution in [3.05, 3.63) is 35.6 Å². The molecule has 0 spiro atoms. The zero-order valence-electron chi connectivity index (χ0n) is 13.3. The summed E-state index contributed by atoms with van der Waals surface area (Å²) in [4.78, 5) is 22.9. The average Bonchev–Trinajstić information content (AvgIpc) is 2.37. The van der Waals surface area contributed by atoms with Crippen LogP contribution in [0.4, 0.5) is 4.39 Å². The van der Waals surface area contributed by atoms with Crippen molar-refractivity contribution in [2.45, 2.75) is 52.1 Å². The molecule has 0 saturated heterocycles. The Kier molecular flexibility index (Phi) is 6.53. The van der Waals surface area contributed by atoms with Crippen molar-refractivity contribution in [3.8, 4) is 0 Å². The number of esters is 1. The summed E-state index contributed by atoms with van der Waals surface area (Å²) in [6, 6.07) is 6.12. The molecule has 0 heterocycles. The molecule has 0 radical (unpaired) electrons. The lowest BCUT2D eigenvalue weighted by atomic mass is 9.96. The topological polar surface area (TPSA) is 63.6 Å². The van der Waals surface area contributed by atoms with Gasteiger partial charge in [0, 0.05) is 0 Å². The summed E-state index contributed by atoms with van der Waals surface area (Å²) in [5, 5.41) is 9.20. The van der Waals surface area contributed by atoms with E-state index in [2.05, 4.69) is 0 Å². The predicted octanol–water partition coefficient (Wildman–Crippen LogP) is 3.58. The maximum Gasteiger partial charge on any atom is 0.307 e. The van der Waals surface area contributed by atoms with Gasteiger partial charge in [-0.25, -0.2) is 4.39 Å². The van der Waals surface area contributed by atoms with Crippen LogP contribution in [0.2, 0.25) is 0 Å². The largest absolute Gasteiger partial charge is 0.481 e. The molecule has 5 heteroatoms. The molecule has 1 aromatic rings. The van der Waals surface area contributed by atoms with Crippen LogP contribution in [0.5, 0.6) is 0 Å². The smallest absolute Gasteiger partial charge is 0.307 e. The number of benzene rings is 1. The standard InChI is InChI=1S/C17H23FO4/c1-17(2,3)22-15(19)11-13(16(20)21)6-4-5-12-7-9-14(18)10-8-12/h7-10,13H,4-6,11H2,1-3H3,(H,20,21). The minimum Gasteiger partial charge on any atom is -0.481 e. The Morgan fingerprint density at radius 3 is 2.32 bits per heavy atom. The van der Waals surface area contributed by atoms with Gasteiger partial charge in [0.1, 0.15) is 11.4 Å². The number of carboxylic acid groups (broad SMARTS) is 1. The summed E-state index contributed by atoms with van der Waals surface area (Å²) >= 11 is 0. The van der Waals surface area contributed by atoms with Gasteiger partial charge in [0.05, 0.1) is 12.3 Å². The SMILES string of the molecule is CC(C)(C)OC(=O)CC(CCCc1ccc(F)cc1)C(=O)O. The van der Waals surface area contributed by atoms with Gasteiger partial charge in [-0.3, -0.25) is 9.59 Å². The zero-order chi connectivity index (χ0) is 16.8. The van der Waals surface area contributed by atoms with Crippen LogP contribution in [0.3, 0.4) is 0 Å². The van der Waals surface area contributed by atoms with E-state index >= 15 is 0 Å². The van der Waals surface area contributed by atoms with Gasteiger partial charge in [-0.2, -0.15) is 0 Å². The van der Waals surface area contributed by atoms with Crippen LogP contribution in [0.25, 0.3) is 0 Å². The first-order valence-electron chi connectivity index (χ1n) is 7.36. The second-order valence-corrected chi connectivity index (χ2v) is 6.34. The summed E-state index contributed by atoms with van der Waals surface area (Å²) in [7, 11) is 0. The summed E-state index contributed by atoms with van der Waals surface area (Å²) in [6.45, 7) is 5.24. The van der Waals surface area contributed by atoms with Crippen molar-refractivity contribution in [2.24, 2.45) is 5.92 Å². The number of ether oxygens (including phenoxy) is 1. The lowest BCUT2D eigenvalue weighted by molar-refractivity contribution is -0.160. The van der Waals surface area contributed by atoms with E-state index in [1.54, 1.807) is 32.9 Å². The monoisotopic (exact) mass is 310 g/mol. The molecule has 1 aromatic carbocycles. The van der Waals surface area contributed by atoms with Gasteiger partial charge < -0.3 is 9.84 Å². The van der Waals surface area contributed by atoms with Gasteiger partial charge in [0.25, 0.3) is 0 Å². The van der Waals surface area contributed by atoms with Gasteiger partial charge in [0.15, 0.2) is 0 Å². The molecule has 0 bridgehead atoms. The molecule has 22 heavy (non-hydrogen) atoms. The molecule has 1 N–H and O–H groups in total. The van der Waals surface area contributed by atoms with Crippen LogP contribution in [-0.2, 0) is 20.7 Å². The van der Waals surface area contributed by atoms with E-state index in [9.17, 15) is 19.1 Å². The van der Waals surface area contributed by atoms with Crippen molar-refractivity contribution in [3.63, 3.8) is 0 Å². The fourth-order valence-electron chi connectivity index (χ4n) is 2.10. The molecule has 0 fully saturated rings. The molecule has 0 aliphatic rings. The Morgan fingerprint density at radius 1 is 1.23 bits per heavy atom. The maximum atomic E-state index is 12.8. The Morgan fingerprint density at radius 2 is 1.82 bits per heavy atom. The minimum absolute atomic E-state index is 0.129. The summed E-state index contributed by atoms with van der Waals surface area (Å²) < 4.78 is 17.9. The highest BCUT2D eigenvalue weighted by molar-refractivity contribution is 5.78. The fourth-order valence-corrected chi connectivity index (χ4v) is 2.10. The van der Waals surface area contributed by atoms with Crippen LogP contribution in [0, 0.1) is 11.7 Å². The van der Waals surface area contributed by atoms with Crippen LogP contribution in [0.1, 0.15) is 45.6 Å². The third kappa shape index (κ3) is 7.20. The van der Waals surface area contributed by atoms with Gasteiger partial charge >= 0.3 is 11.9 Å². The van der Waals surface area contributed by atoms with E-state index in [1.807, 2.05) is 0 Å². The zero-order valence-corrected chi connectivity index (χ0v) is 13.3. The number of hydrogen-bond donors (Lipinski definition) is 1. The van der Waals surface area contributed by atoms with E-state index in [1.165, 1.54) is 12.1 Å². The molecular formula is C17H23FO4. The van der Waals surface area contributed by atoms with Gasteiger partial charge in [-0.1, -0.05) is 12.1 Å². The first-order chi connectivity index (χ1) is 10.2. The van der Waals surface area contributed by atoms with E-state index in [4.69, 9.17) is 4.74 Å². The highest BCUT2D eigenvalue weighted by atomic mass is 19.1. The van der Waals surface area contributed by atoms with Gasteiger partial charge in [-0.15, -0.1) is 0 Å². The molecule has 4 nitrogen and oxygen atoms in total. The van der Waals surface area contributed by atoms with Crippen LogP contribution in [-0.4, -0.2) is 22.6 Å². The van der Waals surface area contributed by atoms with Gasteiger partial charge in [0.2, 0.25) is 0 Å². The van der Waals surface area contributed by atoms with Crippen LogP contribution in [0.15, 0.2) is 24.3 Å². The number of halogens is 1. The molecule has 122 valence electrons. The van der Waals surface area contributed by atoms with E-state index in [0.29, 0.717) is 19.3 Å². The number of carbonyl (C=O) groups excluding carboxylic acids is 1. The van der Waals surface area contributed by atoms with Crippen molar-refractivity contribution < 1.29 is 23.8 Å². The quantitative estimate of drug-likeness (QED) is 0.782. The van der Waals surface area contributed by atoms with Gasteiger partial charge in [-0.05, 0) is 57.7 Å². The van der Waals surface area contributed by atoms with Crippen LogP contribution < -0.4 is 0 Å². The average molecular weight is 310 g/mol. The van der Waals surface area contributed by atoms with E-state index in [-0.39, 0.29) is 12.2 Å². The number of carboxylic acids is 1. The highest BCUT2D eigenvalue weighted by Gasteiger charge is 2.24. The maximum absolute atomic E-state index is 12.8. The van der Waals surface area contributed by atoms with Crippen molar-refractivity contribution >= 4 is 11.9 Å². The van der Waals surface area contributed by atoms with Crippen molar-refractivity contribution in [2.75, 3.05) is 0 Å². The normalized spacial score (nSPS) is 12.7. The summed E-state index contributed by atoms with van der Waals surface area (Å²) in [5.74, 6) is -2.54. The number of aryl methyl sites for hydroxylation is 1. The second kappa shape index (κ2) is 7.92. The molecule has 1 atom stereocenters. The Bertz CT molecular complexity index is 502. The van der Waals surface area contributed by atoms with Crippen molar-refractivity contribution in [1.29, 1.82) is 0 Å². The molecular weight excluding hydrogens is 287 g/mol. The predicted molar refractivity (Wildman–Crippen MR) is 80.9 cm³/mol. The lowest BCUT2D eigenvalue weighted by Gasteiger charge is -2.21. The van der Waals surface area contributed by atoms with E-state index in [0.717, 1.165) is 5.56 Å². The number of rotatable bonds is 7. The number of aliphatic carboxylic acids is 1. The number of hydrogen-bond acceptors (Lipinski definition) is 3. The molecule has 0 saturated carbocycles. The molecule has 1 unspecified atom stereocenters. The van der Waals surface area contributed by atoms with E-state index < -0.39 is 23.5 Å². The summed E-state index contributed by atoms with van der Waals surface area (Å²) in [6.07, 6.45) is 1.52. The first kappa shape index (κ1) is 18.1. The van der Waals surface area contributed by atoms with Crippen LogP contribution >= 0.6 is 0 Å². The Balaban J connectivity index is 2.46. The molecule has 0 aromatic heterocycles. The fraction of sp³-hybridized carbons (Fsp3) is 0.529. The minimum atomic E-state index is -0.995. The molecule has 0 amide bonds. The summed E-state index contributed by atoms with van der Waals surface area (Å²) in [5.41, 5.74) is 0.330. The third-order valence-electron chi connectivity index (χ3n) is 3.11. The Labute approximate surface area is 130 Å². The molecule has 0 aliphatic carbocycles. The first-order valence-corrected chi connectivity index (χ1v) is 7.36. The molecule has 1 rings (SSSR count). The van der Waals surface area contributed by atoms with Crippen molar-refractivity contribution in [1.82, 2.24) is 0 Å². The lowest BCUT2D eigenvalue weighted by Crippen LogP contribution is -2.27. The molecule has 0 aliphatic heterocycles. The third-order valence-corrected chi connectivity index (χ3v) is 3.11.